The molecule has 4 nitrogen and oxygen atoms in total. The first-order valence-electron chi connectivity index (χ1n) is 5.03. The molecule has 15 heavy (non-hydrogen) atoms. The predicted octanol–water partition coefficient (Wildman–Crippen LogP) is 2.27. The molecule has 0 fully saturated rings. The molecular formula is C10H17O4P. The molecule has 0 radical (unpaired) electrons. The Balaban J connectivity index is 5.25. The van der Waals surface area contributed by atoms with Gasteiger partial charge in [-0.05, 0) is 30.8 Å². The van der Waals surface area contributed by atoms with E-state index >= 15 is 0 Å². The van der Waals surface area contributed by atoms with E-state index in [0.717, 1.165) is 19.3 Å². The number of allylic oxidation sites excluding steroid dienone is 1. The van der Waals surface area contributed by atoms with Gasteiger partial charge in [0.05, 0.1) is 0 Å². The molecule has 86 valence electrons. The van der Waals surface area contributed by atoms with Gasteiger partial charge in [0.2, 0.25) is 0 Å². The molecule has 1 N–H and O–H groups in total. The lowest BCUT2D eigenvalue weighted by Crippen LogP contribution is -2.17. The molecule has 0 aliphatic heterocycles. The van der Waals surface area contributed by atoms with Gasteiger partial charge in [-0.2, -0.15) is 0 Å². The smallest absolute Gasteiger partial charge is 0.382 e. The summed E-state index contributed by atoms with van der Waals surface area (Å²) in [6.07, 6.45) is 3.60. The summed E-state index contributed by atoms with van der Waals surface area (Å²) in [5, 5.41) is 8.25. The molecule has 0 aliphatic rings. The van der Waals surface area contributed by atoms with Gasteiger partial charge in [-0.3, -0.25) is 0 Å². The van der Waals surface area contributed by atoms with Crippen LogP contribution in [0.15, 0.2) is 11.4 Å². The quantitative estimate of drug-likeness (QED) is 0.563. The molecular weight excluding hydrogens is 215 g/mol. The van der Waals surface area contributed by atoms with Gasteiger partial charge in [0.25, 0.3) is 5.31 Å². The van der Waals surface area contributed by atoms with E-state index in [4.69, 9.17) is 5.11 Å². The summed E-state index contributed by atoms with van der Waals surface area (Å²) < 4.78 is 10.8. The lowest BCUT2D eigenvalue weighted by Gasteiger charge is -2.25. The van der Waals surface area contributed by atoms with Crippen molar-refractivity contribution in [2.45, 2.75) is 40.0 Å². The molecule has 0 aromatic heterocycles. The van der Waals surface area contributed by atoms with Crippen LogP contribution in [-0.2, 0) is 9.36 Å². The van der Waals surface area contributed by atoms with E-state index in [1.54, 1.807) is 0 Å². The number of aliphatic carboxylic acids is 1. The Hall–Kier alpha value is -0.730. The maximum absolute atomic E-state index is 10.8. The van der Waals surface area contributed by atoms with Gasteiger partial charge in [-0.25, -0.2) is 4.79 Å². The Bertz CT molecular complexity index is 255. The Morgan fingerprint density at radius 1 is 1.33 bits per heavy atom. The van der Waals surface area contributed by atoms with Crippen LogP contribution in [-0.4, -0.2) is 11.1 Å². The third kappa shape index (κ3) is 3.73. The van der Waals surface area contributed by atoms with Crippen molar-refractivity contribution in [1.82, 2.24) is 0 Å². The Labute approximate surface area is 90.9 Å². The topological polar surface area (TPSA) is 77.4 Å². The van der Waals surface area contributed by atoms with Gasteiger partial charge in [0.1, 0.15) is 0 Å². The van der Waals surface area contributed by atoms with Crippen LogP contribution in [0.25, 0.3) is 0 Å². The molecule has 0 saturated heterocycles. The fourth-order valence-corrected chi connectivity index (χ4v) is 2.07. The molecule has 0 saturated carbocycles. The van der Waals surface area contributed by atoms with Gasteiger partial charge < -0.3 is 10.00 Å². The van der Waals surface area contributed by atoms with Crippen LogP contribution in [0.5, 0.6) is 0 Å². The summed E-state index contributed by atoms with van der Waals surface area (Å²) in [7, 11) is -3.02. The molecule has 0 rings (SSSR count). The van der Waals surface area contributed by atoms with Crippen molar-refractivity contribution in [3.63, 3.8) is 0 Å². The van der Waals surface area contributed by atoms with Crippen LogP contribution in [0.3, 0.4) is 0 Å². The largest absolute Gasteiger partial charge is 0.591 e. The predicted molar refractivity (Wildman–Crippen MR) is 56.6 cm³/mol. The second-order valence-electron chi connectivity index (χ2n) is 3.51. The number of hydrogen-bond acceptors (Lipinski definition) is 3. The van der Waals surface area contributed by atoms with Crippen LogP contribution < -0.4 is 4.89 Å². The van der Waals surface area contributed by atoms with Crippen molar-refractivity contribution in [1.29, 1.82) is 0 Å². The van der Waals surface area contributed by atoms with Crippen LogP contribution in [0.2, 0.25) is 0 Å². The maximum atomic E-state index is 10.8. The molecule has 1 unspecified atom stereocenters. The third-order valence-corrected chi connectivity index (χ3v) is 3.68. The fourth-order valence-electron chi connectivity index (χ4n) is 1.54. The standard InChI is InChI=1S/C10H17O4P/c1-4-10(5-2,6-3)7-8(9(11)12)15(13)14/h7H,4-6H2,1-3H3,(H,11,12)/b8-7-. The molecule has 0 aromatic carbocycles. The summed E-state index contributed by atoms with van der Waals surface area (Å²) in [5.74, 6) is -1.37. The highest BCUT2D eigenvalue weighted by atomic mass is 31.1. The SMILES string of the molecule is CCC(/C=C(/C(=O)O)[P+](=O)[O-])(CC)CC. The van der Waals surface area contributed by atoms with Crippen molar-refractivity contribution in [3.05, 3.63) is 11.4 Å². The first-order chi connectivity index (χ1) is 6.92. The van der Waals surface area contributed by atoms with Crippen molar-refractivity contribution in [3.8, 4) is 0 Å². The lowest BCUT2D eigenvalue weighted by atomic mass is 9.79. The highest BCUT2D eigenvalue weighted by molar-refractivity contribution is 7.43. The van der Waals surface area contributed by atoms with E-state index in [1.165, 1.54) is 6.08 Å². The van der Waals surface area contributed by atoms with E-state index in [1.807, 2.05) is 20.8 Å². The number of hydrogen-bond donors (Lipinski definition) is 1. The van der Waals surface area contributed by atoms with Crippen molar-refractivity contribution >= 4 is 14.0 Å². The van der Waals surface area contributed by atoms with Gasteiger partial charge in [-0.15, -0.1) is 0 Å². The molecule has 0 amide bonds. The number of carboxylic acids is 1. The van der Waals surface area contributed by atoms with Crippen LogP contribution in [0, 0.1) is 5.41 Å². The van der Waals surface area contributed by atoms with Crippen LogP contribution >= 0.6 is 8.03 Å². The number of carbonyl (C=O) groups is 1. The monoisotopic (exact) mass is 232 g/mol. The average molecular weight is 232 g/mol. The van der Waals surface area contributed by atoms with Gasteiger partial charge in [-0.1, -0.05) is 25.3 Å². The van der Waals surface area contributed by atoms with E-state index in [-0.39, 0.29) is 5.41 Å². The average Bonchev–Trinajstić information content (AvgIpc) is 2.20. The minimum Gasteiger partial charge on any atom is -0.591 e. The minimum atomic E-state index is -3.02. The molecule has 0 heterocycles. The lowest BCUT2D eigenvalue weighted by molar-refractivity contribution is -0.163. The van der Waals surface area contributed by atoms with Crippen molar-refractivity contribution < 1.29 is 19.4 Å². The van der Waals surface area contributed by atoms with E-state index < -0.39 is 19.3 Å². The number of rotatable bonds is 6. The Morgan fingerprint density at radius 2 is 1.73 bits per heavy atom. The van der Waals surface area contributed by atoms with Gasteiger partial charge in [0, 0.05) is 0 Å². The molecule has 0 spiro atoms. The third-order valence-electron chi connectivity index (χ3n) is 2.97. The van der Waals surface area contributed by atoms with Crippen molar-refractivity contribution in [2.75, 3.05) is 0 Å². The second kappa shape index (κ2) is 5.99. The highest BCUT2D eigenvalue weighted by Gasteiger charge is 2.29. The summed E-state index contributed by atoms with van der Waals surface area (Å²) in [4.78, 5) is 21.5. The normalized spacial score (nSPS) is 13.9. The summed E-state index contributed by atoms with van der Waals surface area (Å²) in [6, 6.07) is 0. The fraction of sp³-hybridized carbons (Fsp3) is 0.700. The van der Waals surface area contributed by atoms with Crippen LogP contribution in [0.4, 0.5) is 0 Å². The summed E-state index contributed by atoms with van der Waals surface area (Å²) in [6.45, 7) is 5.79. The van der Waals surface area contributed by atoms with E-state index in [9.17, 15) is 14.3 Å². The first kappa shape index (κ1) is 14.3. The van der Waals surface area contributed by atoms with E-state index in [0.29, 0.717) is 0 Å². The molecule has 1 atom stereocenters. The minimum absolute atomic E-state index is 0.316. The summed E-state index contributed by atoms with van der Waals surface area (Å²) in [5.41, 5.74) is -0.316. The molecule has 0 aromatic rings. The molecule has 0 bridgehead atoms. The van der Waals surface area contributed by atoms with Gasteiger partial charge >= 0.3 is 14.0 Å². The Kier molecular flexibility index (Phi) is 5.69. The first-order valence-corrected chi connectivity index (χ1v) is 6.20. The zero-order valence-corrected chi connectivity index (χ0v) is 10.2. The summed E-state index contributed by atoms with van der Waals surface area (Å²) >= 11 is 0. The van der Waals surface area contributed by atoms with Gasteiger partial charge in [0.15, 0.2) is 0 Å². The molecule has 0 aliphatic carbocycles. The second-order valence-corrected chi connectivity index (χ2v) is 4.51. The number of carboxylic acid groups (broad SMARTS) is 1. The van der Waals surface area contributed by atoms with Crippen molar-refractivity contribution in [2.24, 2.45) is 5.41 Å². The Morgan fingerprint density at radius 3 is 1.93 bits per heavy atom. The maximum Gasteiger partial charge on any atom is 0.382 e. The zero-order valence-electron chi connectivity index (χ0n) is 9.32. The van der Waals surface area contributed by atoms with Crippen LogP contribution in [0.1, 0.15) is 40.0 Å². The highest BCUT2D eigenvalue weighted by Crippen LogP contribution is 2.37. The van der Waals surface area contributed by atoms with E-state index in [2.05, 4.69) is 0 Å². The zero-order chi connectivity index (χ0) is 12.1. The molecule has 5 heteroatoms.